The number of halogens is 1. The number of carbonyl (C=O) groups is 1. The Morgan fingerprint density at radius 3 is 2.83 bits per heavy atom. The highest BCUT2D eigenvalue weighted by Gasteiger charge is 2.07. The summed E-state index contributed by atoms with van der Waals surface area (Å²) in [5.41, 5.74) is 1.87. The number of aryl methyl sites for hydroxylation is 1. The number of carboxylic acids is 1. The van der Waals surface area contributed by atoms with Crippen LogP contribution in [0.5, 0.6) is 0 Å². The second-order valence-electron chi connectivity index (χ2n) is 3.79. The largest absolute Gasteiger partial charge is 0.478 e. The average molecular weight is 263 g/mol. The number of benzene rings is 1. The van der Waals surface area contributed by atoms with Gasteiger partial charge in [-0.2, -0.15) is 0 Å². The Kier molecular flexibility index (Phi) is 3.48. The van der Waals surface area contributed by atoms with E-state index in [-0.39, 0.29) is 5.56 Å². The van der Waals surface area contributed by atoms with Gasteiger partial charge in [0.05, 0.1) is 16.3 Å². The van der Waals surface area contributed by atoms with Gasteiger partial charge in [0.2, 0.25) is 0 Å². The molecule has 0 atom stereocenters. The number of hydrogen-bond acceptors (Lipinski definition) is 3. The van der Waals surface area contributed by atoms with Crippen LogP contribution in [0.25, 0.3) is 0 Å². The number of aromatic nitrogens is 1. The second kappa shape index (κ2) is 5.06. The maximum atomic E-state index is 10.9. The van der Waals surface area contributed by atoms with Crippen LogP contribution in [-0.2, 0) is 0 Å². The van der Waals surface area contributed by atoms with E-state index < -0.39 is 5.97 Å². The van der Waals surface area contributed by atoms with Crippen molar-refractivity contribution < 1.29 is 9.90 Å². The van der Waals surface area contributed by atoms with E-state index in [1.807, 2.05) is 19.1 Å². The van der Waals surface area contributed by atoms with E-state index in [4.69, 9.17) is 16.7 Å². The lowest BCUT2D eigenvalue weighted by Gasteiger charge is -2.10. The summed E-state index contributed by atoms with van der Waals surface area (Å²) in [5.74, 6) is -0.539. The molecule has 92 valence electrons. The van der Waals surface area contributed by atoms with Crippen LogP contribution in [0, 0.1) is 6.92 Å². The molecule has 0 bridgehead atoms. The van der Waals surface area contributed by atoms with Gasteiger partial charge in [-0.05, 0) is 30.7 Å². The Bertz CT molecular complexity index is 579. The third-order valence-corrected chi connectivity index (χ3v) is 2.80. The number of nitrogens with one attached hydrogen (secondary N) is 1. The van der Waals surface area contributed by atoms with Crippen LogP contribution in [0.4, 0.5) is 11.5 Å². The van der Waals surface area contributed by atoms with Gasteiger partial charge in [-0.15, -0.1) is 0 Å². The maximum absolute atomic E-state index is 10.9. The van der Waals surface area contributed by atoms with Crippen molar-refractivity contribution in [3.05, 3.63) is 52.7 Å². The van der Waals surface area contributed by atoms with Gasteiger partial charge in [0.1, 0.15) is 5.82 Å². The molecule has 1 heterocycles. The summed E-state index contributed by atoms with van der Waals surface area (Å²) in [7, 11) is 0. The Labute approximate surface area is 109 Å². The highest BCUT2D eigenvalue weighted by molar-refractivity contribution is 6.33. The van der Waals surface area contributed by atoms with Crippen LogP contribution in [0.2, 0.25) is 5.02 Å². The summed E-state index contributed by atoms with van der Waals surface area (Å²) < 4.78 is 0. The molecular weight excluding hydrogens is 252 g/mol. The van der Waals surface area contributed by atoms with E-state index in [2.05, 4.69) is 10.3 Å². The van der Waals surface area contributed by atoms with Crippen molar-refractivity contribution in [1.82, 2.24) is 4.98 Å². The molecule has 1 aromatic heterocycles. The first-order valence-electron chi connectivity index (χ1n) is 5.29. The van der Waals surface area contributed by atoms with Gasteiger partial charge in [-0.1, -0.05) is 23.7 Å². The van der Waals surface area contributed by atoms with Crippen LogP contribution in [0.3, 0.4) is 0 Å². The van der Waals surface area contributed by atoms with Crippen LogP contribution >= 0.6 is 11.6 Å². The summed E-state index contributed by atoms with van der Waals surface area (Å²) in [6, 6.07) is 8.43. The molecule has 2 N–H and O–H groups in total. The van der Waals surface area contributed by atoms with Gasteiger partial charge < -0.3 is 10.4 Å². The Morgan fingerprint density at radius 1 is 1.39 bits per heavy atom. The SMILES string of the molecule is Cc1cccc(Cl)c1Nc1cc(C(=O)O)ccn1. The fourth-order valence-electron chi connectivity index (χ4n) is 1.55. The molecule has 5 heteroatoms. The predicted molar refractivity (Wildman–Crippen MR) is 70.7 cm³/mol. The summed E-state index contributed by atoms with van der Waals surface area (Å²) >= 11 is 6.08. The zero-order valence-electron chi connectivity index (χ0n) is 9.64. The first kappa shape index (κ1) is 12.4. The lowest BCUT2D eigenvalue weighted by molar-refractivity contribution is 0.0697. The first-order chi connectivity index (χ1) is 8.58. The van der Waals surface area contributed by atoms with Crippen molar-refractivity contribution in [3.8, 4) is 0 Å². The molecule has 18 heavy (non-hydrogen) atoms. The number of para-hydroxylation sites is 1. The highest BCUT2D eigenvalue weighted by atomic mass is 35.5. The summed E-state index contributed by atoms with van der Waals surface area (Å²) in [6.45, 7) is 1.91. The van der Waals surface area contributed by atoms with E-state index in [9.17, 15) is 4.79 Å². The van der Waals surface area contributed by atoms with Gasteiger partial charge in [0, 0.05) is 6.20 Å². The first-order valence-corrected chi connectivity index (χ1v) is 5.67. The molecule has 4 nitrogen and oxygen atoms in total. The predicted octanol–water partition coefficient (Wildman–Crippen LogP) is 3.49. The zero-order valence-corrected chi connectivity index (χ0v) is 10.4. The van der Waals surface area contributed by atoms with E-state index >= 15 is 0 Å². The number of rotatable bonds is 3. The van der Waals surface area contributed by atoms with E-state index in [0.29, 0.717) is 10.8 Å². The molecule has 0 aliphatic carbocycles. The minimum Gasteiger partial charge on any atom is -0.478 e. The summed E-state index contributed by atoms with van der Waals surface area (Å²) in [6.07, 6.45) is 1.44. The minimum absolute atomic E-state index is 0.178. The molecule has 2 rings (SSSR count). The fraction of sp³-hybridized carbons (Fsp3) is 0.0769. The smallest absolute Gasteiger partial charge is 0.335 e. The molecule has 2 aromatic rings. The molecule has 0 saturated heterocycles. The topological polar surface area (TPSA) is 62.2 Å². The summed E-state index contributed by atoms with van der Waals surface area (Å²) in [4.78, 5) is 14.9. The van der Waals surface area contributed by atoms with E-state index in [0.717, 1.165) is 11.3 Å². The van der Waals surface area contributed by atoms with Gasteiger partial charge in [-0.3, -0.25) is 0 Å². The molecule has 0 aliphatic rings. The van der Waals surface area contributed by atoms with Gasteiger partial charge in [0.25, 0.3) is 0 Å². The quantitative estimate of drug-likeness (QED) is 0.889. The number of aromatic carboxylic acids is 1. The number of anilines is 2. The van der Waals surface area contributed by atoms with Gasteiger partial charge >= 0.3 is 5.97 Å². The van der Waals surface area contributed by atoms with Crippen molar-refractivity contribution in [2.75, 3.05) is 5.32 Å². The van der Waals surface area contributed by atoms with Gasteiger partial charge in [-0.25, -0.2) is 9.78 Å². The number of nitrogens with zero attached hydrogens (tertiary/aromatic N) is 1. The molecule has 0 radical (unpaired) electrons. The Morgan fingerprint density at radius 2 is 2.17 bits per heavy atom. The highest BCUT2D eigenvalue weighted by Crippen LogP contribution is 2.28. The van der Waals surface area contributed by atoms with Crippen LogP contribution < -0.4 is 5.32 Å². The molecular formula is C13H11ClN2O2. The second-order valence-corrected chi connectivity index (χ2v) is 4.20. The average Bonchev–Trinajstić information content (AvgIpc) is 2.34. The standard InChI is InChI=1S/C13H11ClN2O2/c1-8-3-2-4-10(14)12(8)16-11-7-9(13(17)18)5-6-15-11/h2-7H,1H3,(H,15,16)(H,17,18). The number of pyridine rings is 1. The third kappa shape index (κ3) is 2.60. The van der Waals surface area contributed by atoms with Crippen LogP contribution in [0.1, 0.15) is 15.9 Å². The zero-order chi connectivity index (χ0) is 13.1. The molecule has 0 unspecified atom stereocenters. The normalized spacial score (nSPS) is 10.1. The molecule has 0 fully saturated rings. The number of carboxylic acid groups (broad SMARTS) is 1. The van der Waals surface area contributed by atoms with Crippen LogP contribution in [-0.4, -0.2) is 16.1 Å². The molecule has 0 saturated carbocycles. The van der Waals surface area contributed by atoms with Crippen molar-refractivity contribution in [2.45, 2.75) is 6.92 Å². The summed E-state index contributed by atoms with van der Waals surface area (Å²) in [5, 5.41) is 12.5. The molecule has 1 aromatic carbocycles. The number of hydrogen-bond donors (Lipinski definition) is 2. The molecule has 0 amide bonds. The van der Waals surface area contributed by atoms with E-state index in [1.165, 1.54) is 18.3 Å². The lowest BCUT2D eigenvalue weighted by atomic mass is 10.2. The Balaban J connectivity index is 2.34. The molecule has 0 aliphatic heterocycles. The van der Waals surface area contributed by atoms with Crippen molar-refractivity contribution >= 4 is 29.1 Å². The molecule has 0 spiro atoms. The fourth-order valence-corrected chi connectivity index (χ4v) is 1.82. The monoisotopic (exact) mass is 262 g/mol. The Hall–Kier alpha value is -2.07. The maximum Gasteiger partial charge on any atom is 0.335 e. The third-order valence-electron chi connectivity index (χ3n) is 2.48. The van der Waals surface area contributed by atoms with E-state index in [1.54, 1.807) is 6.07 Å². The minimum atomic E-state index is -0.990. The lowest BCUT2D eigenvalue weighted by Crippen LogP contribution is -2.01. The van der Waals surface area contributed by atoms with Gasteiger partial charge in [0.15, 0.2) is 0 Å². The van der Waals surface area contributed by atoms with Crippen molar-refractivity contribution in [2.24, 2.45) is 0 Å². The van der Waals surface area contributed by atoms with Crippen LogP contribution in [0.15, 0.2) is 36.5 Å². The van der Waals surface area contributed by atoms with Crippen molar-refractivity contribution in [3.63, 3.8) is 0 Å². The van der Waals surface area contributed by atoms with Crippen molar-refractivity contribution in [1.29, 1.82) is 0 Å².